The Morgan fingerprint density at radius 3 is 2.78 bits per heavy atom. The van der Waals surface area contributed by atoms with Gasteiger partial charge >= 0.3 is 0 Å². The predicted octanol–water partition coefficient (Wildman–Crippen LogP) is 3.05. The summed E-state index contributed by atoms with van der Waals surface area (Å²) in [5.41, 5.74) is 0.411. The van der Waals surface area contributed by atoms with Crippen LogP contribution in [0.3, 0.4) is 0 Å². The summed E-state index contributed by atoms with van der Waals surface area (Å²) in [5, 5.41) is 15.0. The number of hydrogen-bond acceptors (Lipinski definition) is 3. The number of aliphatic hydroxyl groups is 1. The number of ether oxygens (including phenoxy) is 1. The monoisotopic (exact) mass is 316 g/mol. The van der Waals surface area contributed by atoms with E-state index in [1.807, 2.05) is 4.68 Å². The fraction of sp³-hybridized carbons (Fsp3) is 0.769. The number of hydrogen-bond donors (Lipinski definition) is 1. The molecule has 1 saturated carbocycles. The normalized spacial score (nSPS) is 20.2. The minimum atomic E-state index is -0.617. The van der Waals surface area contributed by atoms with E-state index >= 15 is 0 Å². The molecule has 5 heteroatoms. The summed E-state index contributed by atoms with van der Waals surface area (Å²) in [6, 6.07) is 0. The van der Waals surface area contributed by atoms with E-state index in [-0.39, 0.29) is 0 Å². The molecule has 1 aliphatic rings. The quantitative estimate of drug-likeness (QED) is 0.908. The summed E-state index contributed by atoms with van der Waals surface area (Å²) in [6.07, 6.45) is 6.19. The second-order valence-electron chi connectivity index (χ2n) is 4.98. The number of rotatable bonds is 5. The Morgan fingerprint density at radius 1 is 1.56 bits per heavy atom. The Kier molecular flexibility index (Phi) is 4.45. The molecule has 0 saturated heterocycles. The van der Waals surface area contributed by atoms with E-state index in [2.05, 4.69) is 28.0 Å². The van der Waals surface area contributed by atoms with Crippen LogP contribution in [-0.4, -0.2) is 27.6 Å². The first kappa shape index (κ1) is 14.0. The maximum Gasteiger partial charge on any atom is 0.126 e. The highest BCUT2D eigenvalue weighted by Crippen LogP contribution is 2.44. The second kappa shape index (κ2) is 5.72. The molecule has 0 aromatic carbocycles. The molecule has 0 radical (unpaired) electrons. The van der Waals surface area contributed by atoms with E-state index in [1.165, 1.54) is 0 Å². The summed E-state index contributed by atoms with van der Waals surface area (Å²) >= 11 is 3.49. The van der Waals surface area contributed by atoms with E-state index in [4.69, 9.17) is 4.74 Å². The fourth-order valence-corrected chi connectivity index (χ4v) is 3.36. The van der Waals surface area contributed by atoms with E-state index < -0.39 is 11.7 Å². The first-order valence-corrected chi connectivity index (χ1v) is 7.38. The SMILES string of the molecule is CCCn1ncc(Br)c1C(O)C1(OC)CCCC1. The van der Waals surface area contributed by atoms with Crippen molar-refractivity contribution in [3.63, 3.8) is 0 Å². The molecule has 1 N–H and O–H groups in total. The molecular formula is C13H21BrN2O2. The van der Waals surface area contributed by atoms with Crippen LogP contribution in [0.2, 0.25) is 0 Å². The highest BCUT2D eigenvalue weighted by atomic mass is 79.9. The smallest absolute Gasteiger partial charge is 0.126 e. The zero-order valence-electron chi connectivity index (χ0n) is 11.0. The molecule has 0 spiro atoms. The Bertz CT molecular complexity index is 400. The molecule has 0 aliphatic heterocycles. The van der Waals surface area contributed by atoms with Crippen molar-refractivity contribution in [2.75, 3.05) is 7.11 Å². The van der Waals surface area contributed by atoms with E-state index in [0.29, 0.717) is 0 Å². The predicted molar refractivity (Wildman–Crippen MR) is 73.4 cm³/mol. The Hall–Kier alpha value is -0.390. The molecule has 0 bridgehead atoms. The van der Waals surface area contributed by atoms with Crippen molar-refractivity contribution < 1.29 is 9.84 Å². The zero-order valence-corrected chi connectivity index (χ0v) is 12.6. The van der Waals surface area contributed by atoms with Crippen LogP contribution in [-0.2, 0) is 11.3 Å². The highest BCUT2D eigenvalue weighted by molar-refractivity contribution is 9.10. The molecule has 2 rings (SSSR count). The molecule has 1 fully saturated rings. The summed E-state index contributed by atoms with van der Waals surface area (Å²) in [6.45, 7) is 2.92. The van der Waals surface area contributed by atoms with Crippen molar-refractivity contribution in [1.82, 2.24) is 9.78 Å². The summed E-state index contributed by atoms with van der Waals surface area (Å²) in [5.74, 6) is 0. The molecule has 1 aromatic heterocycles. The van der Waals surface area contributed by atoms with Gasteiger partial charge in [0.2, 0.25) is 0 Å². The lowest BCUT2D eigenvalue weighted by molar-refractivity contribution is -0.103. The van der Waals surface area contributed by atoms with Crippen LogP contribution in [0.5, 0.6) is 0 Å². The third-order valence-electron chi connectivity index (χ3n) is 3.88. The summed E-state index contributed by atoms with van der Waals surface area (Å²) in [4.78, 5) is 0. The molecule has 1 unspecified atom stereocenters. The number of aliphatic hydroxyl groups excluding tert-OH is 1. The Labute approximate surface area is 116 Å². The molecule has 1 atom stereocenters. The number of nitrogens with zero attached hydrogens (tertiary/aromatic N) is 2. The minimum absolute atomic E-state index is 0.436. The van der Waals surface area contributed by atoms with Gasteiger partial charge in [0, 0.05) is 13.7 Å². The third kappa shape index (κ3) is 2.36. The summed E-state index contributed by atoms with van der Waals surface area (Å²) < 4.78 is 8.41. The third-order valence-corrected chi connectivity index (χ3v) is 4.49. The maximum atomic E-state index is 10.7. The van der Waals surface area contributed by atoms with Gasteiger partial charge in [-0.3, -0.25) is 4.68 Å². The van der Waals surface area contributed by atoms with Gasteiger partial charge in [-0.25, -0.2) is 0 Å². The molecule has 4 nitrogen and oxygen atoms in total. The largest absolute Gasteiger partial charge is 0.384 e. The van der Waals surface area contributed by atoms with Crippen molar-refractivity contribution in [3.05, 3.63) is 16.4 Å². The van der Waals surface area contributed by atoms with Crippen LogP contribution >= 0.6 is 15.9 Å². The van der Waals surface area contributed by atoms with Crippen LogP contribution in [0.25, 0.3) is 0 Å². The average Bonchev–Trinajstić information content (AvgIpc) is 2.97. The van der Waals surface area contributed by atoms with Gasteiger partial charge in [0.1, 0.15) is 6.10 Å². The van der Waals surface area contributed by atoms with Crippen molar-refractivity contribution in [2.45, 2.75) is 57.3 Å². The lowest BCUT2D eigenvalue weighted by Gasteiger charge is -2.33. The molecule has 1 heterocycles. The number of aryl methyl sites for hydroxylation is 1. The van der Waals surface area contributed by atoms with E-state index in [1.54, 1.807) is 13.3 Å². The van der Waals surface area contributed by atoms with Gasteiger partial charge in [-0.05, 0) is 35.2 Å². The lowest BCUT2D eigenvalue weighted by atomic mass is 9.92. The van der Waals surface area contributed by atoms with Crippen molar-refractivity contribution in [1.29, 1.82) is 0 Å². The fourth-order valence-electron chi connectivity index (χ4n) is 2.85. The first-order valence-electron chi connectivity index (χ1n) is 6.59. The van der Waals surface area contributed by atoms with Gasteiger partial charge in [-0.1, -0.05) is 19.8 Å². The summed E-state index contributed by atoms with van der Waals surface area (Å²) in [7, 11) is 1.70. The Morgan fingerprint density at radius 2 is 2.22 bits per heavy atom. The second-order valence-corrected chi connectivity index (χ2v) is 5.83. The van der Waals surface area contributed by atoms with Crippen molar-refractivity contribution >= 4 is 15.9 Å². The average molecular weight is 317 g/mol. The van der Waals surface area contributed by atoms with Crippen LogP contribution in [0.15, 0.2) is 10.7 Å². The number of aromatic nitrogens is 2. The minimum Gasteiger partial charge on any atom is -0.384 e. The standard InChI is InChI=1S/C13H21BrN2O2/c1-3-8-16-11(10(14)9-15-16)12(17)13(18-2)6-4-5-7-13/h9,12,17H,3-8H2,1-2H3. The van der Waals surface area contributed by atoms with Gasteiger partial charge in [0.15, 0.2) is 0 Å². The van der Waals surface area contributed by atoms with Crippen molar-refractivity contribution in [3.8, 4) is 0 Å². The number of halogens is 1. The van der Waals surface area contributed by atoms with Gasteiger partial charge in [0.25, 0.3) is 0 Å². The van der Waals surface area contributed by atoms with Gasteiger partial charge < -0.3 is 9.84 Å². The maximum absolute atomic E-state index is 10.7. The van der Waals surface area contributed by atoms with Crippen LogP contribution in [0.1, 0.15) is 50.8 Å². The van der Waals surface area contributed by atoms with Gasteiger partial charge in [-0.2, -0.15) is 5.10 Å². The lowest BCUT2D eigenvalue weighted by Crippen LogP contribution is -2.37. The molecular weight excluding hydrogens is 296 g/mol. The van der Waals surface area contributed by atoms with Gasteiger partial charge in [0.05, 0.1) is 22.0 Å². The van der Waals surface area contributed by atoms with E-state index in [0.717, 1.165) is 48.8 Å². The molecule has 18 heavy (non-hydrogen) atoms. The molecule has 102 valence electrons. The van der Waals surface area contributed by atoms with E-state index in [9.17, 15) is 5.11 Å². The van der Waals surface area contributed by atoms with Crippen LogP contribution < -0.4 is 0 Å². The van der Waals surface area contributed by atoms with Gasteiger partial charge in [-0.15, -0.1) is 0 Å². The molecule has 0 amide bonds. The first-order chi connectivity index (χ1) is 8.64. The highest BCUT2D eigenvalue weighted by Gasteiger charge is 2.43. The topological polar surface area (TPSA) is 47.3 Å². The Balaban J connectivity index is 2.32. The van der Waals surface area contributed by atoms with Crippen molar-refractivity contribution in [2.24, 2.45) is 0 Å². The zero-order chi connectivity index (χ0) is 13.2. The molecule has 1 aliphatic carbocycles. The van der Waals surface area contributed by atoms with Crippen LogP contribution in [0, 0.1) is 0 Å². The molecule has 1 aromatic rings. The number of methoxy groups -OCH3 is 1. The van der Waals surface area contributed by atoms with Crippen LogP contribution in [0.4, 0.5) is 0 Å².